The highest BCUT2D eigenvalue weighted by Crippen LogP contribution is 2.20. The van der Waals surface area contributed by atoms with Crippen LogP contribution in [0.15, 0.2) is 53.0 Å². The number of benzene rings is 2. The summed E-state index contributed by atoms with van der Waals surface area (Å²) in [6.07, 6.45) is -0.167. The molecule has 2 aromatic carbocycles. The van der Waals surface area contributed by atoms with E-state index in [1.165, 1.54) is 12.1 Å². The summed E-state index contributed by atoms with van der Waals surface area (Å²) in [5.41, 5.74) is 1.94. The number of hydrogen-bond acceptors (Lipinski definition) is 2. The molecular weight excluding hydrogens is 333 g/mol. The lowest BCUT2D eigenvalue weighted by Gasteiger charge is -2.19. The van der Waals surface area contributed by atoms with Crippen molar-refractivity contribution in [2.45, 2.75) is 19.6 Å². The minimum atomic E-state index is -0.236. The van der Waals surface area contributed by atoms with Gasteiger partial charge >= 0.3 is 0 Å². The standard InChI is InChI=1S/C17H19BrFNO/c1-2-20-11-17(14-6-4-8-16(19)10-14)21-12-13-5-3-7-15(18)9-13/h3-10,17,20H,2,11-12H2,1H3. The van der Waals surface area contributed by atoms with Gasteiger partial charge in [-0.3, -0.25) is 0 Å². The molecular formula is C17H19BrFNO. The third-order valence-corrected chi connectivity index (χ3v) is 3.63. The Hall–Kier alpha value is -1.23. The van der Waals surface area contributed by atoms with E-state index >= 15 is 0 Å². The van der Waals surface area contributed by atoms with Gasteiger partial charge in [-0.2, -0.15) is 0 Å². The smallest absolute Gasteiger partial charge is 0.123 e. The van der Waals surface area contributed by atoms with E-state index in [2.05, 4.69) is 21.2 Å². The monoisotopic (exact) mass is 351 g/mol. The lowest BCUT2D eigenvalue weighted by atomic mass is 10.1. The molecule has 21 heavy (non-hydrogen) atoms. The summed E-state index contributed by atoms with van der Waals surface area (Å²) in [6, 6.07) is 14.6. The van der Waals surface area contributed by atoms with E-state index in [-0.39, 0.29) is 11.9 Å². The van der Waals surface area contributed by atoms with Crippen LogP contribution >= 0.6 is 15.9 Å². The molecule has 0 saturated heterocycles. The van der Waals surface area contributed by atoms with Gasteiger partial charge in [0.1, 0.15) is 5.82 Å². The summed E-state index contributed by atoms with van der Waals surface area (Å²) in [5.74, 6) is -0.236. The molecule has 0 fully saturated rings. The van der Waals surface area contributed by atoms with Gasteiger partial charge in [0.15, 0.2) is 0 Å². The quantitative estimate of drug-likeness (QED) is 0.795. The van der Waals surface area contributed by atoms with Crippen molar-refractivity contribution in [1.82, 2.24) is 5.32 Å². The third-order valence-electron chi connectivity index (χ3n) is 3.14. The van der Waals surface area contributed by atoms with Gasteiger partial charge in [-0.15, -0.1) is 0 Å². The molecule has 0 spiro atoms. The molecule has 2 aromatic rings. The fraction of sp³-hybridized carbons (Fsp3) is 0.294. The van der Waals surface area contributed by atoms with E-state index in [4.69, 9.17) is 4.74 Å². The topological polar surface area (TPSA) is 21.3 Å². The van der Waals surface area contributed by atoms with Crippen LogP contribution in [-0.2, 0) is 11.3 Å². The molecule has 0 aromatic heterocycles. The Morgan fingerprint density at radius 1 is 1.19 bits per heavy atom. The fourth-order valence-corrected chi connectivity index (χ4v) is 2.53. The highest BCUT2D eigenvalue weighted by Gasteiger charge is 2.12. The lowest BCUT2D eigenvalue weighted by Crippen LogP contribution is -2.23. The molecule has 0 radical (unpaired) electrons. The summed E-state index contributed by atoms with van der Waals surface area (Å²) in [5, 5.41) is 3.26. The second kappa shape index (κ2) is 8.27. The molecule has 112 valence electrons. The van der Waals surface area contributed by atoms with Crippen LogP contribution in [-0.4, -0.2) is 13.1 Å². The first-order valence-electron chi connectivity index (χ1n) is 7.01. The van der Waals surface area contributed by atoms with Crippen LogP contribution in [0.1, 0.15) is 24.2 Å². The van der Waals surface area contributed by atoms with Gasteiger partial charge in [0, 0.05) is 11.0 Å². The molecule has 2 nitrogen and oxygen atoms in total. The second-order valence-electron chi connectivity index (χ2n) is 4.79. The molecule has 1 atom stereocenters. The van der Waals surface area contributed by atoms with Gasteiger partial charge < -0.3 is 10.1 Å². The van der Waals surface area contributed by atoms with Crippen molar-refractivity contribution in [3.05, 3.63) is 69.9 Å². The van der Waals surface area contributed by atoms with Gasteiger partial charge in [-0.1, -0.05) is 47.1 Å². The van der Waals surface area contributed by atoms with Gasteiger partial charge in [0.25, 0.3) is 0 Å². The zero-order valence-corrected chi connectivity index (χ0v) is 13.6. The van der Waals surface area contributed by atoms with Crippen molar-refractivity contribution in [1.29, 1.82) is 0 Å². The van der Waals surface area contributed by atoms with Crippen molar-refractivity contribution in [2.75, 3.05) is 13.1 Å². The number of halogens is 2. The zero-order chi connectivity index (χ0) is 15.1. The Morgan fingerprint density at radius 2 is 2.00 bits per heavy atom. The molecule has 0 aliphatic rings. The van der Waals surface area contributed by atoms with Crippen LogP contribution in [0.25, 0.3) is 0 Å². The summed E-state index contributed by atoms with van der Waals surface area (Å²) in [4.78, 5) is 0. The van der Waals surface area contributed by atoms with E-state index in [1.54, 1.807) is 6.07 Å². The minimum Gasteiger partial charge on any atom is -0.368 e. The average molecular weight is 352 g/mol. The SMILES string of the molecule is CCNCC(OCc1cccc(Br)c1)c1cccc(F)c1. The number of nitrogens with one attached hydrogen (secondary N) is 1. The molecule has 0 amide bonds. The maximum atomic E-state index is 13.4. The summed E-state index contributed by atoms with van der Waals surface area (Å²) >= 11 is 3.45. The van der Waals surface area contributed by atoms with Crippen molar-refractivity contribution in [3.8, 4) is 0 Å². The van der Waals surface area contributed by atoms with E-state index in [0.29, 0.717) is 13.2 Å². The van der Waals surface area contributed by atoms with Crippen LogP contribution < -0.4 is 5.32 Å². The maximum Gasteiger partial charge on any atom is 0.123 e. The highest BCUT2D eigenvalue weighted by molar-refractivity contribution is 9.10. The number of hydrogen-bond donors (Lipinski definition) is 1. The Balaban J connectivity index is 2.06. The first-order valence-corrected chi connectivity index (χ1v) is 7.80. The van der Waals surface area contributed by atoms with Gasteiger partial charge in [0.05, 0.1) is 12.7 Å². The first kappa shape index (κ1) is 16.1. The third kappa shape index (κ3) is 5.23. The zero-order valence-electron chi connectivity index (χ0n) is 12.0. The molecule has 0 heterocycles. The highest BCUT2D eigenvalue weighted by atomic mass is 79.9. The van der Waals surface area contributed by atoms with E-state index in [1.807, 2.05) is 37.3 Å². The molecule has 0 saturated carbocycles. The summed E-state index contributed by atoms with van der Waals surface area (Å²) in [6.45, 7) is 4.04. The van der Waals surface area contributed by atoms with Gasteiger partial charge in [0.2, 0.25) is 0 Å². The predicted molar refractivity (Wildman–Crippen MR) is 86.6 cm³/mol. The average Bonchev–Trinajstić information content (AvgIpc) is 2.47. The van der Waals surface area contributed by atoms with Crippen molar-refractivity contribution in [3.63, 3.8) is 0 Å². The molecule has 0 aliphatic heterocycles. The normalized spacial score (nSPS) is 12.3. The largest absolute Gasteiger partial charge is 0.368 e. The summed E-state index contributed by atoms with van der Waals surface area (Å²) in [7, 11) is 0. The van der Waals surface area contributed by atoms with Crippen molar-refractivity contribution < 1.29 is 9.13 Å². The maximum absolute atomic E-state index is 13.4. The molecule has 0 bridgehead atoms. The fourth-order valence-electron chi connectivity index (χ4n) is 2.08. The van der Waals surface area contributed by atoms with E-state index in [0.717, 1.165) is 22.1 Å². The van der Waals surface area contributed by atoms with Gasteiger partial charge in [-0.05, 0) is 41.9 Å². The molecule has 0 aliphatic carbocycles. The molecule has 1 N–H and O–H groups in total. The van der Waals surface area contributed by atoms with Crippen LogP contribution in [0.5, 0.6) is 0 Å². The lowest BCUT2D eigenvalue weighted by molar-refractivity contribution is 0.0399. The number of likely N-dealkylation sites (N-methyl/N-ethyl adjacent to an activating group) is 1. The molecule has 4 heteroatoms. The number of ether oxygens (including phenoxy) is 1. The van der Waals surface area contributed by atoms with Crippen LogP contribution in [0.3, 0.4) is 0 Å². The Kier molecular flexibility index (Phi) is 6.36. The van der Waals surface area contributed by atoms with Crippen LogP contribution in [0.4, 0.5) is 4.39 Å². The Labute approximate surface area is 133 Å². The van der Waals surface area contributed by atoms with Crippen LogP contribution in [0.2, 0.25) is 0 Å². The molecule has 2 rings (SSSR count). The Bertz CT molecular complexity index is 576. The second-order valence-corrected chi connectivity index (χ2v) is 5.71. The van der Waals surface area contributed by atoms with E-state index in [9.17, 15) is 4.39 Å². The predicted octanol–water partition coefficient (Wildman–Crippen LogP) is 4.46. The van der Waals surface area contributed by atoms with E-state index < -0.39 is 0 Å². The number of rotatable bonds is 7. The minimum absolute atomic E-state index is 0.167. The Morgan fingerprint density at radius 3 is 2.71 bits per heavy atom. The van der Waals surface area contributed by atoms with Crippen molar-refractivity contribution >= 4 is 15.9 Å². The van der Waals surface area contributed by atoms with Crippen LogP contribution in [0, 0.1) is 5.82 Å². The van der Waals surface area contributed by atoms with Gasteiger partial charge in [-0.25, -0.2) is 4.39 Å². The van der Waals surface area contributed by atoms with Crippen molar-refractivity contribution in [2.24, 2.45) is 0 Å². The molecule has 1 unspecified atom stereocenters. The summed E-state index contributed by atoms with van der Waals surface area (Å²) < 4.78 is 20.4. The first-order chi connectivity index (χ1) is 10.2.